The number of hydrogen-bond acceptors (Lipinski definition) is 2. The molecule has 16 heavy (non-hydrogen) atoms. The van der Waals surface area contributed by atoms with E-state index in [2.05, 4.69) is 0 Å². The zero-order valence-corrected chi connectivity index (χ0v) is 8.72. The quantitative estimate of drug-likeness (QED) is 0.566. The molecular weight excluding hydrogens is 200 g/mol. The van der Waals surface area contributed by atoms with E-state index in [-0.39, 0.29) is 18.0 Å². The van der Waals surface area contributed by atoms with Gasteiger partial charge in [0.2, 0.25) is 0 Å². The van der Waals surface area contributed by atoms with E-state index in [1.165, 1.54) is 0 Å². The Morgan fingerprint density at radius 3 is 2.31 bits per heavy atom. The van der Waals surface area contributed by atoms with Gasteiger partial charge in [-0.3, -0.25) is 4.79 Å². The molecule has 0 bridgehead atoms. The van der Waals surface area contributed by atoms with E-state index in [0.29, 0.717) is 11.1 Å². The third kappa shape index (κ3) is 2.28. The van der Waals surface area contributed by atoms with Crippen LogP contribution in [0.25, 0.3) is 0 Å². The number of rotatable bonds is 3. The molecule has 0 saturated carbocycles. The van der Waals surface area contributed by atoms with E-state index < -0.39 is 0 Å². The van der Waals surface area contributed by atoms with Gasteiger partial charge in [-0.15, -0.1) is 5.76 Å². The Hall–Kier alpha value is -2.09. The molecule has 0 N–H and O–H groups in total. The van der Waals surface area contributed by atoms with Crippen LogP contribution in [0.2, 0.25) is 0 Å². The molecule has 80 valence electrons. The van der Waals surface area contributed by atoms with Crippen molar-refractivity contribution in [1.29, 1.82) is 0 Å². The molecule has 0 fully saturated rings. The second kappa shape index (κ2) is 4.62. The molecule has 0 aromatic heterocycles. The smallest absolute Gasteiger partial charge is 0.166 e. The van der Waals surface area contributed by atoms with Crippen LogP contribution in [-0.2, 0) is 0 Å². The molecule has 1 aromatic rings. The lowest BCUT2D eigenvalue weighted by atomic mass is 10.1. The number of Topliss-reactive ketones (excluding diaryl/α,β-unsaturated/α-hetero) is 1. The van der Waals surface area contributed by atoms with Gasteiger partial charge in [-0.05, 0) is 5.57 Å². The summed E-state index contributed by atoms with van der Waals surface area (Å²) < 4.78 is 0. The van der Waals surface area contributed by atoms with Crippen LogP contribution in [-0.4, -0.2) is 5.78 Å². The summed E-state index contributed by atoms with van der Waals surface area (Å²) in [6.07, 6.45) is 6.97. The average Bonchev–Trinajstić information content (AvgIpc) is 2.83. The standard InChI is InChI=1S/C14H12O2/c15-13(11-6-2-1-3-7-11)10-14(16)12-8-4-5-9-12/h1-9,16H,10H2/p-1. The fourth-order valence-electron chi connectivity index (χ4n) is 1.53. The first-order valence-electron chi connectivity index (χ1n) is 5.10. The second-order valence-electron chi connectivity index (χ2n) is 3.56. The molecule has 0 aliphatic heterocycles. The Labute approximate surface area is 94.2 Å². The van der Waals surface area contributed by atoms with Gasteiger partial charge in [0.15, 0.2) is 5.78 Å². The lowest BCUT2D eigenvalue weighted by Gasteiger charge is -2.13. The van der Waals surface area contributed by atoms with Gasteiger partial charge < -0.3 is 5.11 Å². The van der Waals surface area contributed by atoms with Crippen molar-refractivity contribution >= 4 is 5.78 Å². The first kappa shape index (κ1) is 10.4. The number of benzene rings is 1. The minimum Gasteiger partial charge on any atom is -0.875 e. The molecular formula is C14H11O2-. The van der Waals surface area contributed by atoms with Gasteiger partial charge in [-0.1, -0.05) is 54.6 Å². The summed E-state index contributed by atoms with van der Waals surface area (Å²) in [4.78, 5) is 11.7. The molecule has 2 nitrogen and oxygen atoms in total. The third-order valence-electron chi connectivity index (χ3n) is 2.40. The highest BCUT2D eigenvalue weighted by Crippen LogP contribution is 2.14. The van der Waals surface area contributed by atoms with Gasteiger partial charge >= 0.3 is 0 Å². The van der Waals surface area contributed by atoms with Crippen molar-refractivity contribution < 1.29 is 9.90 Å². The summed E-state index contributed by atoms with van der Waals surface area (Å²) in [5.74, 6) is -0.259. The van der Waals surface area contributed by atoms with Crippen LogP contribution in [0.3, 0.4) is 0 Å². The molecule has 0 atom stereocenters. The fourth-order valence-corrected chi connectivity index (χ4v) is 1.53. The molecule has 0 spiro atoms. The van der Waals surface area contributed by atoms with Crippen molar-refractivity contribution in [1.82, 2.24) is 0 Å². The molecule has 2 rings (SSSR count). The van der Waals surface area contributed by atoms with Crippen LogP contribution in [0.1, 0.15) is 16.8 Å². The van der Waals surface area contributed by atoms with Crippen LogP contribution in [0.5, 0.6) is 0 Å². The minimum atomic E-state index is -0.133. The highest BCUT2D eigenvalue weighted by molar-refractivity contribution is 5.97. The van der Waals surface area contributed by atoms with Crippen LogP contribution < -0.4 is 5.11 Å². The molecule has 0 amide bonds. The first-order chi connectivity index (χ1) is 7.77. The van der Waals surface area contributed by atoms with Crippen LogP contribution >= 0.6 is 0 Å². The SMILES string of the molecule is O=C(CC([O-])=C1C=CC=C1)c1ccccc1. The van der Waals surface area contributed by atoms with Crippen molar-refractivity contribution in [3.63, 3.8) is 0 Å². The van der Waals surface area contributed by atoms with Crippen molar-refractivity contribution in [2.45, 2.75) is 6.42 Å². The summed E-state index contributed by atoms with van der Waals surface area (Å²) in [5, 5.41) is 11.7. The number of carbonyl (C=O) groups is 1. The Kier molecular flexibility index (Phi) is 3.01. The minimum absolute atomic E-state index is 0.0615. The van der Waals surface area contributed by atoms with Gasteiger partial charge in [0, 0.05) is 12.0 Å². The highest BCUT2D eigenvalue weighted by Gasteiger charge is 2.05. The van der Waals surface area contributed by atoms with Crippen molar-refractivity contribution in [3.05, 3.63) is 71.5 Å². The summed E-state index contributed by atoms with van der Waals surface area (Å²) in [5.41, 5.74) is 1.19. The molecule has 1 aliphatic carbocycles. The molecule has 1 aromatic carbocycles. The predicted molar refractivity (Wildman–Crippen MR) is 60.7 cm³/mol. The molecule has 0 saturated heterocycles. The first-order valence-corrected chi connectivity index (χ1v) is 5.10. The van der Waals surface area contributed by atoms with E-state index in [4.69, 9.17) is 0 Å². The maximum Gasteiger partial charge on any atom is 0.166 e. The Bertz CT molecular complexity index is 465. The van der Waals surface area contributed by atoms with Crippen molar-refractivity contribution in [2.24, 2.45) is 0 Å². The topological polar surface area (TPSA) is 40.1 Å². The Morgan fingerprint density at radius 1 is 1.06 bits per heavy atom. The zero-order chi connectivity index (χ0) is 11.4. The van der Waals surface area contributed by atoms with Crippen LogP contribution in [0, 0.1) is 0 Å². The van der Waals surface area contributed by atoms with Crippen LogP contribution in [0.4, 0.5) is 0 Å². The number of ketones is 1. The monoisotopic (exact) mass is 211 g/mol. The van der Waals surface area contributed by atoms with Gasteiger partial charge in [-0.2, -0.15) is 0 Å². The maximum absolute atomic E-state index is 11.7. The molecule has 0 unspecified atom stereocenters. The normalized spacial score (nSPS) is 13.1. The second-order valence-corrected chi connectivity index (χ2v) is 3.56. The van der Waals surface area contributed by atoms with E-state index >= 15 is 0 Å². The number of allylic oxidation sites excluding steroid dienone is 6. The molecule has 0 radical (unpaired) electrons. The molecule has 0 heterocycles. The van der Waals surface area contributed by atoms with Gasteiger partial charge in [0.1, 0.15) is 0 Å². The van der Waals surface area contributed by atoms with Crippen molar-refractivity contribution in [2.75, 3.05) is 0 Å². The fraction of sp³-hybridized carbons (Fsp3) is 0.0714. The lowest BCUT2D eigenvalue weighted by Crippen LogP contribution is -2.12. The highest BCUT2D eigenvalue weighted by atomic mass is 16.3. The number of hydrogen-bond donors (Lipinski definition) is 0. The zero-order valence-electron chi connectivity index (χ0n) is 8.72. The number of carbonyl (C=O) groups excluding carboxylic acids is 1. The molecule has 2 heteroatoms. The third-order valence-corrected chi connectivity index (χ3v) is 2.40. The Morgan fingerprint density at radius 2 is 1.69 bits per heavy atom. The van der Waals surface area contributed by atoms with Gasteiger partial charge in [0.05, 0.1) is 0 Å². The van der Waals surface area contributed by atoms with Gasteiger partial charge in [0.25, 0.3) is 0 Å². The van der Waals surface area contributed by atoms with E-state index in [1.54, 1.807) is 48.6 Å². The largest absolute Gasteiger partial charge is 0.875 e. The predicted octanol–water partition coefficient (Wildman–Crippen LogP) is 2.00. The average molecular weight is 211 g/mol. The summed E-state index contributed by atoms with van der Waals surface area (Å²) >= 11 is 0. The van der Waals surface area contributed by atoms with Crippen molar-refractivity contribution in [3.8, 4) is 0 Å². The van der Waals surface area contributed by atoms with E-state index in [1.807, 2.05) is 6.07 Å². The lowest BCUT2D eigenvalue weighted by molar-refractivity contribution is -0.305. The summed E-state index contributed by atoms with van der Waals surface area (Å²) in [6, 6.07) is 8.87. The van der Waals surface area contributed by atoms with E-state index in [0.717, 1.165) is 0 Å². The van der Waals surface area contributed by atoms with E-state index in [9.17, 15) is 9.90 Å². The molecule has 1 aliphatic rings. The maximum atomic E-state index is 11.7. The summed E-state index contributed by atoms with van der Waals surface area (Å²) in [7, 11) is 0. The van der Waals surface area contributed by atoms with Gasteiger partial charge in [-0.25, -0.2) is 0 Å². The Balaban J connectivity index is 2.12. The van der Waals surface area contributed by atoms with Crippen LogP contribution in [0.15, 0.2) is 66.0 Å². The summed E-state index contributed by atoms with van der Waals surface area (Å²) in [6.45, 7) is 0.